The maximum absolute atomic E-state index is 13.4. The SMILES string of the molecule is CC(C)(C)c1ccc(CC[C@]2(O)CCC3=Cc4c(cnn4-c4ccc(F)cc4)C[C@@]32C)cc1. The summed E-state index contributed by atoms with van der Waals surface area (Å²) in [6, 6.07) is 15.3. The molecule has 4 heteroatoms. The predicted molar refractivity (Wildman–Crippen MR) is 131 cm³/mol. The van der Waals surface area contributed by atoms with Crippen molar-refractivity contribution in [2.24, 2.45) is 5.41 Å². The number of rotatable bonds is 4. The van der Waals surface area contributed by atoms with E-state index in [-0.39, 0.29) is 16.6 Å². The van der Waals surface area contributed by atoms with Crippen LogP contribution in [0.3, 0.4) is 0 Å². The second-order valence-corrected chi connectivity index (χ2v) is 11.1. The molecular formula is C29H33FN2O. The molecule has 1 heterocycles. The van der Waals surface area contributed by atoms with E-state index in [0.29, 0.717) is 0 Å². The first-order chi connectivity index (χ1) is 15.6. The first-order valence-corrected chi connectivity index (χ1v) is 11.9. The third kappa shape index (κ3) is 3.74. The highest BCUT2D eigenvalue weighted by molar-refractivity contribution is 5.62. The van der Waals surface area contributed by atoms with Gasteiger partial charge in [-0.2, -0.15) is 5.10 Å². The summed E-state index contributed by atoms with van der Waals surface area (Å²) >= 11 is 0. The molecule has 1 saturated carbocycles. The van der Waals surface area contributed by atoms with Gasteiger partial charge >= 0.3 is 0 Å². The van der Waals surface area contributed by atoms with Crippen LogP contribution >= 0.6 is 0 Å². The minimum absolute atomic E-state index is 0.146. The topological polar surface area (TPSA) is 38.1 Å². The third-order valence-electron chi connectivity index (χ3n) is 8.00. The highest BCUT2D eigenvalue weighted by atomic mass is 19.1. The lowest BCUT2D eigenvalue weighted by atomic mass is 9.65. The van der Waals surface area contributed by atoms with Crippen molar-refractivity contribution in [3.8, 4) is 5.69 Å². The Morgan fingerprint density at radius 1 is 1.06 bits per heavy atom. The van der Waals surface area contributed by atoms with Crippen molar-refractivity contribution in [1.29, 1.82) is 0 Å². The standard InChI is InChI=1S/C29H33FN2O/c1-27(2,3)22-7-5-20(6-8-22)13-15-29(33)16-14-23-17-26-21(18-28(23,29)4)19-31-32(26)25-11-9-24(30)10-12-25/h5-12,17,19,33H,13-16,18H2,1-4H3/t28-,29-/m0/s1. The Labute approximate surface area is 196 Å². The summed E-state index contributed by atoms with van der Waals surface area (Å²) in [6.07, 6.45) is 8.18. The monoisotopic (exact) mass is 444 g/mol. The Morgan fingerprint density at radius 3 is 2.42 bits per heavy atom. The van der Waals surface area contributed by atoms with Gasteiger partial charge in [0.25, 0.3) is 0 Å². The number of hydrogen-bond donors (Lipinski definition) is 1. The fourth-order valence-electron chi connectivity index (χ4n) is 5.64. The van der Waals surface area contributed by atoms with Crippen LogP contribution in [0.25, 0.3) is 11.8 Å². The van der Waals surface area contributed by atoms with Crippen LogP contribution in [0.5, 0.6) is 0 Å². The molecular weight excluding hydrogens is 411 g/mol. The number of aliphatic hydroxyl groups is 1. The molecule has 33 heavy (non-hydrogen) atoms. The molecule has 0 spiro atoms. The third-order valence-corrected chi connectivity index (χ3v) is 8.00. The van der Waals surface area contributed by atoms with E-state index >= 15 is 0 Å². The smallest absolute Gasteiger partial charge is 0.123 e. The zero-order valence-electron chi connectivity index (χ0n) is 20.0. The fourth-order valence-corrected chi connectivity index (χ4v) is 5.64. The summed E-state index contributed by atoms with van der Waals surface area (Å²) in [7, 11) is 0. The summed E-state index contributed by atoms with van der Waals surface area (Å²) in [5, 5.41) is 16.5. The molecule has 2 aromatic carbocycles. The van der Waals surface area contributed by atoms with E-state index in [2.05, 4.69) is 63.1 Å². The van der Waals surface area contributed by atoms with Gasteiger partial charge in [0.2, 0.25) is 0 Å². The van der Waals surface area contributed by atoms with Gasteiger partial charge in [0, 0.05) is 5.41 Å². The van der Waals surface area contributed by atoms with Gasteiger partial charge in [-0.3, -0.25) is 0 Å². The van der Waals surface area contributed by atoms with E-state index in [9.17, 15) is 9.50 Å². The van der Waals surface area contributed by atoms with Crippen molar-refractivity contribution in [3.05, 3.63) is 88.5 Å². The van der Waals surface area contributed by atoms with Crippen molar-refractivity contribution in [2.45, 2.75) is 70.8 Å². The van der Waals surface area contributed by atoms with Crippen molar-refractivity contribution in [2.75, 3.05) is 0 Å². The highest BCUT2D eigenvalue weighted by Gasteiger charge is 2.54. The molecule has 1 aromatic heterocycles. The van der Waals surface area contributed by atoms with Crippen LogP contribution in [0, 0.1) is 11.2 Å². The molecule has 1 fully saturated rings. The average Bonchev–Trinajstić information content (AvgIpc) is 3.29. The van der Waals surface area contributed by atoms with Crippen molar-refractivity contribution in [3.63, 3.8) is 0 Å². The Hall–Kier alpha value is -2.72. The first-order valence-electron chi connectivity index (χ1n) is 11.9. The lowest BCUT2D eigenvalue weighted by Crippen LogP contribution is -2.45. The normalized spacial score (nSPS) is 24.4. The van der Waals surface area contributed by atoms with Gasteiger partial charge in [-0.25, -0.2) is 9.07 Å². The van der Waals surface area contributed by atoms with E-state index in [1.54, 1.807) is 12.1 Å². The highest BCUT2D eigenvalue weighted by Crippen LogP contribution is 2.56. The van der Waals surface area contributed by atoms with Crippen LogP contribution in [0.15, 0.2) is 60.3 Å². The maximum atomic E-state index is 13.4. The molecule has 3 nitrogen and oxygen atoms in total. The lowest BCUT2D eigenvalue weighted by molar-refractivity contribution is -0.0461. The number of aromatic nitrogens is 2. The number of aryl methyl sites for hydroxylation is 1. The summed E-state index contributed by atoms with van der Waals surface area (Å²) in [6.45, 7) is 8.90. The van der Waals surface area contributed by atoms with E-state index in [1.807, 2.05) is 10.9 Å². The molecule has 2 aliphatic rings. The summed E-state index contributed by atoms with van der Waals surface area (Å²) in [4.78, 5) is 0. The molecule has 0 amide bonds. The number of hydrogen-bond acceptors (Lipinski definition) is 2. The minimum Gasteiger partial charge on any atom is -0.389 e. The van der Waals surface area contributed by atoms with E-state index in [0.717, 1.165) is 49.0 Å². The molecule has 0 radical (unpaired) electrons. The van der Waals surface area contributed by atoms with Gasteiger partial charge in [0.05, 0.1) is 23.2 Å². The number of nitrogens with zero attached hydrogens (tertiary/aromatic N) is 2. The fraction of sp³-hybridized carbons (Fsp3) is 0.414. The van der Waals surface area contributed by atoms with Gasteiger partial charge in [-0.15, -0.1) is 0 Å². The largest absolute Gasteiger partial charge is 0.389 e. The molecule has 0 bridgehead atoms. The lowest BCUT2D eigenvalue weighted by Gasteiger charge is -2.42. The second kappa shape index (κ2) is 7.66. The number of benzene rings is 2. The Balaban J connectivity index is 1.38. The molecule has 3 aromatic rings. The summed E-state index contributed by atoms with van der Waals surface area (Å²) < 4.78 is 15.3. The molecule has 1 N–H and O–H groups in total. The molecule has 0 aliphatic heterocycles. The molecule has 172 valence electrons. The Bertz CT molecular complexity index is 1200. The molecule has 0 unspecified atom stereocenters. The molecule has 2 atom stereocenters. The first kappa shape index (κ1) is 22.1. The average molecular weight is 445 g/mol. The zero-order valence-corrected chi connectivity index (χ0v) is 20.0. The minimum atomic E-state index is -0.739. The van der Waals surface area contributed by atoms with Crippen LogP contribution in [-0.2, 0) is 18.3 Å². The van der Waals surface area contributed by atoms with E-state index < -0.39 is 5.60 Å². The predicted octanol–water partition coefficient (Wildman–Crippen LogP) is 6.41. The quantitative estimate of drug-likeness (QED) is 0.505. The Kier molecular flexibility index (Phi) is 5.13. The van der Waals surface area contributed by atoms with Crippen LogP contribution in [-0.4, -0.2) is 20.5 Å². The zero-order chi connectivity index (χ0) is 23.4. The summed E-state index contributed by atoms with van der Waals surface area (Å²) in [5.41, 5.74) is 6.07. The van der Waals surface area contributed by atoms with Crippen molar-refractivity contribution < 1.29 is 9.50 Å². The summed E-state index contributed by atoms with van der Waals surface area (Å²) in [5.74, 6) is -0.250. The number of fused-ring (bicyclic) bond motifs is 2. The van der Waals surface area contributed by atoms with Crippen LogP contribution < -0.4 is 0 Å². The molecule has 0 saturated heterocycles. The Morgan fingerprint density at radius 2 is 1.76 bits per heavy atom. The van der Waals surface area contributed by atoms with Crippen LogP contribution in [0.1, 0.15) is 69.3 Å². The number of halogens is 1. The second-order valence-electron chi connectivity index (χ2n) is 11.1. The van der Waals surface area contributed by atoms with Gasteiger partial charge in [-0.1, -0.05) is 57.5 Å². The van der Waals surface area contributed by atoms with Gasteiger partial charge in [0.1, 0.15) is 5.82 Å². The van der Waals surface area contributed by atoms with Crippen LogP contribution in [0.2, 0.25) is 0 Å². The van der Waals surface area contributed by atoms with Crippen molar-refractivity contribution >= 4 is 6.08 Å². The van der Waals surface area contributed by atoms with Crippen LogP contribution in [0.4, 0.5) is 4.39 Å². The van der Waals surface area contributed by atoms with Gasteiger partial charge in [-0.05, 0) is 84.6 Å². The molecule has 2 aliphatic carbocycles. The van der Waals surface area contributed by atoms with Crippen molar-refractivity contribution in [1.82, 2.24) is 9.78 Å². The maximum Gasteiger partial charge on any atom is 0.123 e. The van der Waals surface area contributed by atoms with Gasteiger partial charge < -0.3 is 5.11 Å². The van der Waals surface area contributed by atoms with E-state index in [1.165, 1.54) is 28.8 Å². The molecule has 5 rings (SSSR count). The van der Waals surface area contributed by atoms with Gasteiger partial charge in [0.15, 0.2) is 0 Å². The van der Waals surface area contributed by atoms with E-state index in [4.69, 9.17) is 0 Å².